The molecule has 4 nitrogen and oxygen atoms in total. The Morgan fingerprint density at radius 2 is 2.12 bits per heavy atom. The Labute approximate surface area is 157 Å². The summed E-state index contributed by atoms with van der Waals surface area (Å²) < 4.78 is 0.826. The van der Waals surface area contributed by atoms with Crippen LogP contribution < -0.4 is 4.90 Å². The fraction of sp³-hybridized carbons (Fsp3) is 0.294. The molecule has 2 aromatic rings. The highest BCUT2D eigenvalue weighted by molar-refractivity contribution is 9.11. The second-order valence-electron chi connectivity index (χ2n) is 5.68. The second kappa shape index (κ2) is 6.59. The van der Waals surface area contributed by atoms with E-state index in [1.807, 2.05) is 6.92 Å². The summed E-state index contributed by atoms with van der Waals surface area (Å²) in [6.07, 6.45) is 0.446. The number of fused-ring (bicyclic) bond motifs is 1. The SMILES string of the molecule is CCCN1C(=O)C(O)(CC(=O)c2ccc(Br)s2)c2cc(Cl)ccc21. The molecule has 0 radical (unpaired) electrons. The van der Waals surface area contributed by atoms with Gasteiger partial charge in [0.15, 0.2) is 11.4 Å². The van der Waals surface area contributed by atoms with Crippen LogP contribution in [0.4, 0.5) is 5.69 Å². The standard InChI is InChI=1S/C17H15BrClNO3S/c1-2-7-20-12-4-3-10(19)8-11(12)17(23,16(20)22)9-13(21)14-5-6-15(18)24-14/h3-6,8,23H,2,7,9H2,1H3. The molecule has 126 valence electrons. The minimum atomic E-state index is -1.87. The lowest BCUT2D eigenvalue weighted by atomic mass is 9.89. The molecule has 1 amide bonds. The maximum Gasteiger partial charge on any atom is 0.264 e. The number of nitrogens with zero attached hydrogens (tertiary/aromatic N) is 1. The normalized spacial score (nSPS) is 19.7. The molecule has 1 aliphatic rings. The van der Waals surface area contributed by atoms with Crippen LogP contribution in [0.1, 0.15) is 35.0 Å². The number of hydrogen-bond acceptors (Lipinski definition) is 4. The average Bonchev–Trinajstić information content (AvgIpc) is 3.05. The van der Waals surface area contributed by atoms with E-state index < -0.39 is 11.5 Å². The zero-order valence-corrected chi connectivity index (χ0v) is 16.0. The number of halogens is 2. The van der Waals surface area contributed by atoms with Gasteiger partial charge in [-0.05, 0) is 52.7 Å². The van der Waals surface area contributed by atoms with E-state index in [1.54, 1.807) is 30.3 Å². The van der Waals surface area contributed by atoms with E-state index in [9.17, 15) is 14.7 Å². The molecule has 1 N–H and O–H groups in total. The van der Waals surface area contributed by atoms with Gasteiger partial charge in [0.1, 0.15) is 0 Å². The van der Waals surface area contributed by atoms with Crippen LogP contribution in [0.25, 0.3) is 0 Å². The van der Waals surface area contributed by atoms with Crippen molar-refractivity contribution >= 4 is 56.2 Å². The van der Waals surface area contributed by atoms with Gasteiger partial charge in [-0.25, -0.2) is 0 Å². The molecule has 0 fully saturated rings. The first kappa shape index (κ1) is 17.6. The predicted molar refractivity (Wildman–Crippen MR) is 99.0 cm³/mol. The molecular formula is C17H15BrClNO3S. The number of carbonyl (C=O) groups excluding carboxylic acids is 2. The third-order valence-corrected chi connectivity index (χ3v) is 5.91. The second-order valence-corrected chi connectivity index (χ2v) is 8.58. The zero-order chi connectivity index (χ0) is 17.5. The highest BCUT2D eigenvalue weighted by Gasteiger charge is 2.50. The van der Waals surface area contributed by atoms with Crippen molar-refractivity contribution in [3.8, 4) is 0 Å². The number of rotatable bonds is 5. The molecule has 1 aromatic carbocycles. The molecule has 3 rings (SSSR count). The summed E-state index contributed by atoms with van der Waals surface area (Å²) in [6, 6.07) is 8.42. The molecule has 0 saturated heterocycles. The molecule has 1 aliphatic heterocycles. The fourth-order valence-electron chi connectivity index (χ4n) is 2.92. The van der Waals surface area contributed by atoms with Crippen LogP contribution in [0.15, 0.2) is 34.1 Å². The van der Waals surface area contributed by atoms with Gasteiger partial charge in [-0.3, -0.25) is 9.59 Å². The van der Waals surface area contributed by atoms with E-state index in [4.69, 9.17) is 11.6 Å². The first-order valence-corrected chi connectivity index (χ1v) is 9.48. The number of anilines is 1. The molecule has 0 spiro atoms. The van der Waals surface area contributed by atoms with Crippen molar-refractivity contribution in [2.75, 3.05) is 11.4 Å². The fourth-order valence-corrected chi connectivity index (χ4v) is 4.42. The minimum absolute atomic E-state index is 0.272. The average molecular weight is 429 g/mol. The highest BCUT2D eigenvalue weighted by atomic mass is 79.9. The molecule has 7 heteroatoms. The van der Waals surface area contributed by atoms with Crippen LogP contribution >= 0.6 is 38.9 Å². The third kappa shape index (κ3) is 2.92. The van der Waals surface area contributed by atoms with Crippen LogP contribution in [-0.2, 0) is 10.4 Å². The summed E-state index contributed by atoms with van der Waals surface area (Å²) in [4.78, 5) is 27.4. The van der Waals surface area contributed by atoms with Crippen molar-refractivity contribution in [3.63, 3.8) is 0 Å². The van der Waals surface area contributed by atoms with Crippen LogP contribution in [-0.4, -0.2) is 23.3 Å². The van der Waals surface area contributed by atoms with Crippen molar-refractivity contribution < 1.29 is 14.7 Å². The van der Waals surface area contributed by atoms with Gasteiger partial charge in [-0.2, -0.15) is 0 Å². The first-order chi connectivity index (χ1) is 11.4. The van der Waals surface area contributed by atoms with Crippen LogP contribution in [0, 0.1) is 0 Å². The van der Waals surface area contributed by atoms with E-state index in [0.717, 1.165) is 10.2 Å². The van der Waals surface area contributed by atoms with Crippen molar-refractivity contribution in [1.29, 1.82) is 0 Å². The zero-order valence-electron chi connectivity index (χ0n) is 12.9. The van der Waals surface area contributed by atoms with Gasteiger partial charge < -0.3 is 10.0 Å². The molecule has 1 aromatic heterocycles. The maximum absolute atomic E-state index is 12.8. The molecule has 0 saturated carbocycles. The Morgan fingerprint density at radius 1 is 1.38 bits per heavy atom. The Kier molecular flexibility index (Phi) is 4.84. The molecule has 1 atom stereocenters. The van der Waals surface area contributed by atoms with Gasteiger partial charge in [0, 0.05) is 17.1 Å². The van der Waals surface area contributed by atoms with Gasteiger partial charge >= 0.3 is 0 Å². The van der Waals surface area contributed by atoms with Gasteiger partial charge in [0.05, 0.1) is 20.8 Å². The molecule has 2 heterocycles. The quantitative estimate of drug-likeness (QED) is 0.719. The van der Waals surface area contributed by atoms with E-state index in [2.05, 4.69) is 15.9 Å². The minimum Gasteiger partial charge on any atom is -0.375 e. The summed E-state index contributed by atoms with van der Waals surface area (Å²) in [5, 5.41) is 11.5. The molecular weight excluding hydrogens is 414 g/mol. The number of Topliss-reactive ketones (excluding diaryl/α,β-unsaturated/α-hetero) is 1. The molecule has 1 unspecified atom stereocenters. The number of hydrogen-bond donors (Lipinski definition) is 1. The Balaban J connectivity index is 2.01. The van der Waals surface area contributed by atoms with E-state index in [-0.39, 0.29) is 12.2 Å². The van der Waals surface area contributed by atoms with Gasteiger partial charge in [-0.1, -0.05) is 18.5 Å². The van der Waals surface area contributed by atoms with Crippen LogP contribution in [0.3, 0.4) is 0 Å². The summed E-state index contributed by atoms with van der Waals surface area (Å²) in [5.74, 6) is -0.739. The lowest BCUT2D eigenvalue weighted by Crippen LogP contribution is -2.42. The van der Waals surface area contributed by atoms with E-state index in [1.165, 1.54) is 16.2 Å². The third-order valence-electron chi connectivity index (χ3n) is 4.01. The summed E-state index contributed by atoms with van der Waals surface area (Å²) >= 11 is 10.6. The summed E-state index contributed by atoms with van der Waals surface area (Å²) in [7, 11) is 0. The number of benzene rings is 1. The number of thiophene rings is 1. The summed E-state index contributed by atoms with van der Waals surface area (Å²) in [6.45, 7) is 2.43. The lowest BCUT2D eigenvalue weighted by molar-refractivity contribution is -0.135. The van der Waals surface area contributed by atoms with Gasteiger partial charge in [-0.15, -0.1) is 11.3 Å². The van der Waals surface area contributed by atoms with Gasteiger partial charge in [0.25, 0.3) is 5.91 Å². The largest absolute Gasteiger partial charge is 0.375 e. The van der Waals surface area contributed by atoms with Crippen LogP contribution in [0.5, 0.6) is 0 Å². The molecule has 24 heavy (non-hydrogen) atoms. The highest BCUT2D eigenvalue weighted by Crippen LogP contribution is 2.44. The topological polar surface area (TPSA) is 57.6 Å². The van der Waals surface area contributed by atoms with Gasteiger partial charge in [0.2, 0.25) is 0 Å². The molecule has 0 bridgehead atoms. The van der Waals surface area contributed by atoms with Crippen molar-refractivity contribution in [2.45, 2.75) is 25.4 Å². The number of amides is 1. The van der Waals surface area contributed by atoms with E-state index >= 15 is 0 Å². The Morgan fingerprint density at radius 3 is 2.75 bits per heavy atom. The number of aliphatic hydroxyl groups is 1. The monoisotopic (exact) mass is 427 g/mol. The lowest BCUT2D eigenvalue weighted by Gasteiger charge is -2.22. The summed E-state index contributed by atoms with van der Waals surface area (Å²) in [5.41, 5.74) is -0.852. The Bertz CT molecular complexity index is 822. The predicted octanol–water partition coefficient (Wildman–Crippen LogP) is 4.38. The number of ketones is 1. The number of carbonyl (C=O) groups is 2. The van der Waals surface area contributed by atoms with Crippen molar-refractivity contribution in [2.24, 2.45) is 0 Å². The smallest absolute Gasteiger partial charge is 0.264 e. The van der Waals surface area contributed by atoms with Crippen LogP contribution in [0.2, 0.25) is 5.02 Å². The molecule has 0 aliphatic carbocycles. The Hall–Kier alpha value is -1.21. The maximum atomic E-state index is 12.8. The van der Waals surface area contributed by atoms with E-state index in [0.29, 0.717) is 27.7 Å². The van der Waals surface area contributed by atoms with Crippen molar-refractivity contribution in [1.82, 2.24) is 0 Å². The first-order valence-electron chi connectivity index (χ1n) is 7.49. The van der Waals surface area contributed by atoms with Crippen molar-refractivity contribution in [3.05, 3.63) is 49.6 Å².